The molecule has 7 heavy (non-hydrogen) atoms. The zero-order valence-electron chi connectivity index (χ0n) is 2.80. The summed E-state index contributed by atoms with van der Waals surface area (Å²) in [7, 11) is 0. The van der Waals surface area contributed by atoms with Gasteiger partial charge in [-0.05, 0) is 0 Å². The molecule has 4 nitrogen and oxygen atoms in total. The Hall–Kier alpha value is 1.54. The molecular formula is H9CrGaMoNO3-. The summed E-state index contributed by atoms with van der Waals surface area (Å²) in [6.45, 7) is 0. The fraction of sp³-hybridized carbons (Fsp3) is 0. The average molecular weight is 289 g/mol. The van der Waals surface area contributed by atoms with Gasteiger partial charge in [0, 0.05) is 17.4 Å². The summed E-state index contributed by atoms with van der Waals surface area (Å²) in [6, 6.07) is 0. The van der Waals surface area contributed by atoms with Crippen molar-refractivity contribution in [1.29, 1.82) is 0 Å². The van der Waals surface area contributed by atoms with Gasteiger partial charge in [0.25, 0.3) is 0 Å². The summed E-state index contributed by atoms with van der Waals surface area (Å²) in [6.07, 6.45) is 0. The fourth-order valence-corrected chi connectivity index (χ4v) is 0. The van der Waals surface area contributed by atoms with E-state index in [1.807, 2.05) is 0 Å². The van der Waals surface area contributed by atoms with Crippen LogP contribution in [-0.4, -0.2) is 30.7 Å². The Labute approximate surface area is 77.0 Å². The van der Waals surface area contributed by atoms with Gasteiger partial charge in [0.2, 0.25) is 0 Å². The van der Waals surface area contributed by atoms with E-state index in [2.05, 4.69) is 0 Å². The number of hydrogen-bond donors (Lipinski definition) is 0. The predicted octanol–water partition coefficient (Wildman–Crippen LogP) is -2.24. The molecule has 0 radical (unpaired) electrons. The van der Waals surface area contributed by atoms with Gasteiger partial charge in [0.15, 0.2) is 0 Å². The van der Waals surface area contributed by atoms with E-state index in [1.165, 1.54) is 0 Å². The molecule has 0 atom stereocenters. The zero-order chi connectivity index (χ0) is 2.00. The summed E-state index contributed by atoms with van der Waals surface area (Å²) >= 11 is 0.700. The molecule has 0 aliphatic rings. The minimum atomic E-state index is 0. The molecule has 0 saturated carbocycles. The average Bonchev–Trinajstić information content (AvgIpc) is 1.00. The Balaban J connectivity index is -0.000000000500. The van der Waals surface area contributed by atoms with Crippen molar-refractivity contribution in [3.05, 3.63) is 6.15 Å². The molecule has 6 N–H and O–H groups in total. The van der Waals surface area contributed by atoms with Gasteiger partial charge >= 0.3 is 43.0 Å². The van der Waals surface area contributed by atoms with Crippen LogP contribution in [0, 0.1) is 0 Å². The Bertz CT molecular complexity index is 14.9. The quantitative estimate of drug-likeness (QED) is 0.461. The summed E-state index contributed by atoms with van der Waals surface area (Å²) in [5.74, 6) is 0. The van der Waals surface area contributed by atoms with Crippen LogP contribution in [0.5, 0.6) is 0 Å². The zero-order valence-corrected chi connectivity index (χ0v) is 6.08. The molecule has 0 aromatic carbocycles. The molecule has 0 aliphatic heterocycles. The van der Waals surface area contributed by atoms with Crippen molar-refractivity contribution >= 4 is 19.8 Å². The van der Waals surface area contributed by atoms with Crippen LogP contribution in [0.4, 0.5) is 0 Å². The van der Waals surface area contributed by atoms with Crippen LogP contribution in [0.15, 0.2) is 0 Å². The van der Waals surface area contributed by atoms with Crippen molar-refractivity contribution in [3.8, 4) is 0 Å². The van der Waals surface area contributed by atoms with E-state index in [1.54, 1.807) is 0 Å². The van der Waals surface area contributed by atoms with Crippen LogP contribution in [0.2, 0.25) is 0 Å². The van der Waals surface area contributed by atoms with E-state index in [9.17, 15) is 0 Å². The van der Waals surface area contributed by atoms with Crippen molar-refractivity contribution in [2.24, 2.45) is 0 Å². The fourth-order valence-electron chi connectivity index (χ4n) is 0. The second-order valence-corrected chi connectivity index (χ2v) is 0. The van der Waals surface area contributed by atoms with Crippen molar-refractivity contribution < 1.29 is 51.5 Å². The predicted molar refractivity (Wildman–Crippen MR) is 23.1 cm³/mol. The Morgan fingerprint density at radius 2 is 1.00 bits per heavy atom. The molecule has 0 fully saturated rings. The number of rotatable bonds is 0. The molecule has 0 heterocycles. The third kappa shape index (κ3) is 97.8. The first-order valence-corrected chi connectivity index (χ1v) is 0.986. The van der Waals surface area contributed by atoms with E-state index in [-0.39, 0.29) is 54.3 Å². The van der Waals surface area contributed by atoms with Crippen LogP contribution < -0.4 is 0 Å². The third-order valence-corrected chi connectivity index (χ3v) is 0. The monoisotopic (exact) mass is 290 g/mol. The minimum absolute atomic E-state index is 0. The maximum absolute atomic E-state index is 8.26. The summed E-state index contributed by atoms with van der Waals surface area (Å²) < 4.78 is 8.26. The standard InChI is InChI=1S/Cr.Ga.Mo.H2N.2H2O.O.3H/h;;;3*1H2;;;;/q;;;-1;;;;;;. The van der Waals surface area contributed by atoms with Crippen LogP contribution in [0.25, 0.3) is 6.15 Å². The van der Waals surface area contributed by atoms with Crippen LogP contribution in [0.1, 0.15) is 0 Å². The van der Waals surface area contributed by atoms with Gasteiger partial charge in [0.1, 0.15) is 0 Å². The molecule has 0 spiro atoms. The molecule has 0 bridgehead atoms. The molecule has 0 aromatic rings. The van der Waals surface area contributed by atoms with Crippen molar-refractivity contribution in [3.63, 3.8) is 0 Å². The van der Waals surface area contributed by atoms with Crippen LogP contribution in [0.3, 0.4) is 0 Å². The van der Waals surface area contributed by atoms with E-state index >= 15 is 0 Å². The van der Waals surface area contributed by atoms with Gasteiger partial charge in [-0.2, -0.15) is 0 Å². The van der Waals surface area contributed by atoms with Gasteiger partial charge in [-0.1, -0.05) is 0 Å². The van der Waals surface area contributed by atoms with Gasteiger partial charge in [0.05, 0.1) is 0 Å². The van der Waals surface area contributed by atoms with E-state index in [0.29, 0.717) is 19.8 Å². The molecule has 0 amide bonds. The topological polar surface area (TPSA) is 114 Å². The van der Waals surface area contributed by atoms with Gasteiger partial charge in [-0.25, -0.2) is 0 Å². The summed E-state index contributed by atoms with van der Waals surface area (Å²) in [5, 5.41) is 0. The van der Waals surface area contributed by atoms with Crippen LogP contribution in [-0.2, 0) is 40.5 Å². The Morgan fingerprint density at radius 1 is 1.00 bits per heavy atom. The molecular weight excluding hydrogens is 280 g/mol. The maximum atomic E-state index is 8.26. The normalized spacial score (nSPS) is 0.571. The Kier molecular flexibility index (Phi) is 1470. The SMILES string of the molecule is O.O.[Cr].[GaH3].[NH2-].[O]=[Mo]. The second-order valence-electron chi connectivity index (χ2n) is 0. The number of nitrogens with two attached hydrogens (primary N) is 1. The van der Waals surface area contributed by atoms with Gasteiger partial charge in [-0.15, -0.1) is 0 Å². The molecule has 0 aliphatic carbocycles. The summed E-state index contributed by atoms with van der Waals surface area (Å²) in [4.78, 5) is 0. The van der Waals surface area contributed by atoms with Crippen molar-refractivity contribution in [1.82, 2.24) is 0 Å². The molecule has 48 valence electrons. The second kappa shape index (κ2) is 136. The number of hydrogen-bond acceptors (Lipinski definition) is 1. The molecule has 0 saturated heterocycles. The van der Waals surface area contributed by atoms with Crippen LogP contribution >= 0.6 is 0 Å². The first-order valence-electron chi connectivity index (χ1n) is 0.167. The first kappa shape index (κ1) is 75.3. The molecule has 0 unspecified atom stereocenters. The molecule has 7 heteroatoms. The van der Waals surface area contributed by atoms with Crippen molar-refractivity contribution in [2.45, 2.75) is 0 Å². The first-order chi connectivity index (χ1) is 1.00. The van der Waals surface area contributed by atoms with E-state index < -0.39 is 0 Å². The molecule has 0 rings (SSSR count). The van der Waals surface area contributed by atoms with Gasteiger partial charge in [-0.3, -0.25) is 0 Å². The summed E-state index contributed by atoms with van der Waals surface area (Å²) in [5.41, 5.74) is 0. The van der Waals surface area contributed by atoms with Gasteiger partial charge < -0.3 is 17.1 Å². The van der Waals surface area contributed by atoms with E-state index in [4.69, 9.17) is 3.40 Å². The van der Waals surface area contributed by atoms with E-state index in [0.717, 1.165) is 0 Å². The third-order valence-electron chi connectivity index (χ3n) is 0. The van der Waals surface area contributed by atoms with Crippen molar-refractivity contribution in [2.75, 3.05) is 0 Å². The Morgan fingerprint density at radius 3 is 1.00 bits per heavy atom. The molecule has 0 aromatic heterocycles.